The van der Waals surface area contributed by atoms with Crippen LogP contribution in [-0.2, 0) is 32.2 Å². The molecule has 0 radical (unpaired) electrons. The lowest BCUT2D eigenvalue weighted by Crippen LogP contribution is -2.37. The van der Waals surface area contributed by atoms with E-state index in [1.165, 1.54) is 5.56 Å². The van der Waals surface area contributed by atoms with E-state index in [4.69, 9.17) is 0 Å². The van der Waals surface area contributed by atoms with Crippen LogP contribution >= 0.6 is 0 Å². The lowest BCUT2D eigenvalue weighted by atomic mass is 10.1. The predicted molar refractivity (Wildman–Crippen MR) is 108 cm³/mol. The smallest absolute Gasteiger partial charge is 0.261 e. The summed E-state index contributed by atoms with van der Waals surface area (Å²) in [5.41, 5.74) is 3.24. The molecule has 5 rings (SSSR count). The van der Waals surface area contributed by atoms with Crippen molar-refractivity contribution in [2.75, 3.05) is 13.1 Å². The lowest BCUT2D eigenvalue weighted by molar-refractivity contribution is 0.0756. The molecule has 1 aliphatic heterocycles. The SMILES string of the molecule is O=C(c1cc2c([nH]c1=O)CCC2)N1CCc2nc(Cc3ccccc3)nn2CC1. The number of nitrogens with one attached hydrogen (secondary N) is 1. The summed E-state index contributed by atoms with van der Waals surface area (Å²) in [4.78, 5) is 34.7. The number of aryl methyl sites for hydroxylation is 2. The molecule has 1 aliphatic carbocycles. The third-order valence-corrected chi connectivity index (χ3v) is 5.79. The van der Waals surface area contributed by atoms with Gasteiger partial charge in [0, 0.05) is 31.6 Å². The molecule has 0 bridgehead atoms. The van der Waals surface area contributed by atoms with Gasteiger partial charge in [-0.25, -0.2) is 9.67 Å². The molecule has 1 aromatic carbocycles. The first-order valence-corrected chi connectivity index (χ1v) is 10.2. The number of carbonyl (C=O) groups excluding carboxylic acids is 1. The fourth-order valence-electron chi connectivity index (χ4n) is 4.25. The highest BCUT2D eigenvalue weighted by Crippen LogP contribution is 2.20. The summed E-state index contributed by atoms with van der Waals surface area (Å²) >= 11 is 0. The average Bonchev–Trinajstić information content (AvgIpc) is 3.29. The molecule has 148 valence electrons. The Bertz CT molecular complexity index is 1090. The van der Waals surface area contributed by atoms with Crippen molar-refractivity contribution in [3.63, 3.8) is 0 Å². The van der Waals surface area contributed by atoms with Crippen molar-refractivity contribution in [1.82, 2.24) is 24.6 Å². The molecule has 29 heavy (non-hydrogen) atoms. The second kappa shape index (κ2) is 7.31. The molecule has 0 unspecified atom stereocenters. The van der Waals surface area contributed by atoms with E-state index < -0.39 is 0 Å². The van der Waals surface area contributed by atoms with E-state index in [0.717, 1.165) is 42.2 Å². The highest BCUT2D eigenvalue weighted by Gasteiger charge is 2.25. The normalized spacial score (nSPS) is 15.7. The third-order valence-electron chi connectivity index (χ3n) is 5.79. The van der Waals surface area contributed by atoms with Gasteiger partial charge in [0.05, 0.1) is 6.54 Å². The van der Waals surface area contributed by atoms with Gasteiger partial charge >= 0.3 is 0 Å². The summed E-state index contributed by atoms with van der Waals surface area (Å²) in [6.45, 7) is 1.65. The Labute approximate surface area is 168 Å². The Kier molecular flexibility index (Phi) is 4.50. The second-order valence-corrected chi connectivity index (χ2v) is 7.74. The van der Waals surface area contributed by atoms with Gasteiger partial charge in [-0.05, 0) is 36.5 Å². The summed E-state index contributed by atoms with van der Waals surface area (Å²) < 4.78 is 1.90. The van der Waals surface area contributed by atoms with Crippen LogP contribution in [0.5, 0.6) is 0 Å². The maximum absolute atomic E-state index is 13.0. The molecule has 2 aliphatic rings. The minimum atomic E-state index is -0.277. The van der Waals surface area contributed by atoms with Crippen molar-refractivity contribution in [1.29, 1.82) is 0 Å². The van der Waals surface area contributed by atoms with Gasteiger partial charge in [-0.15, -0.1) is 0 Å². The zero-order valence-corrected chi connectivity index (χ0v) is 16.2. The number of rotatable bonds is 3. The van der Waals surface area contributed by atoms with Gasteiger partial charge in [0.25, 0.3) is 11.5 Å². The number of amides is 1. The first kappa shape index (κ1) is 17.8. The fraction of sp³-hybridized carbons (Fsp3) is 0.364. The van der Waals surface area contributed by atoms with Gasteiger partial charge in [-0.2, -0.15) is 5.10 Å². The first-order chi connectivity index (χ1) is 14.2. The van der Waals surface area contributed by atoms with Crippen LogP contribution < -0.4 is 5.56 Å². The molecule has 3 aromatic rings. The summed E-state index contributed by atoms with van der Waals surface area (Å²) in [5, 5.41) is 4.64. The molecule has 0 fully saturated rings. The highest BCUT2D eigenvalue weighted by molar-refractivity contribution is 5.94. The molecular weight excluding hydrogens is 366 g/mol. The number of nitrogens with zero attached hydrogens (tertiary/aromatic N) is 4. The van der Waals surface area contributed by atoms with Gasteiger partial charge in [0.2, 0.25) is 0 Å². The number of hydrogen-bond acceptors (Lipinski definition) is 4. The maximum atomic E-state index is 13.0. The Balaban J connectivity index is 1.31. The number of fused-ring (bicyclic) bond motifs is 2. The Morgan fingerprint density at radius 1 is 1.07 bits per heavy atom. The van der Waals surface area contributed by atoms with Gasteiger partial charge in [-0.1, -0.05) is 30.3 Å². The highest BCUT2D eigenvalue weighted by atomic mass is 16.2. The van der Waals surface area contributed by atoms with E-state index in [2.05, 4.69) is 27.2 Å². The quantitative estimate of drug-likeness (QED) is 0.740. The molecule has 2 aromatic heterocycles. The molecule has 0 saturated carbocycles. The van der Waals surface area contributed by atoms with E-state index in [9.17, 15) is 9.59 Å². The van der Waals surface area contributed by atoms with Crippen molar-refractivity contribution in [3.8, 4) is 0 Å². The van der Waals surface area contributed by atoms with E-state index in [1.54, 1.807) is 11.0 Å². The van der Waals surface area contributed by atoms with Crippen molar-refractivity contribution in [3.05, 3.63) is 80.8 Å². The molecule has 3 heterocycles. The maximum Gasteiger partial charge on any atom is 0.261 e. The standard InChI is InChI=1S/C22H23N5O2/c28-21-17(14-16-7-4-8-18(16)23-21)22(29)26-10-9-20-24-19(25-27(20)12-11-26)13-15-5-2-1-3-6-15/h1-3,5-6,14H,4,7-13H2,(H,23,28). The van der Waals surface area contributed by atoms with Crippen molar-refractivity contribution < 1.29 is 4.79 Å². The number of aromatic amines is 1. The minimum Gasteiger partial charge on any atom is -0.336 e. The number of pyridine rings is 1. The van der Waals surface area contributed by atoms with Crippen molar-refractivity contribution in [2.24, 2.45) is 0 Å². The van der Waals surface area contributed by atoms with Gasteiger partial charge in [0.1, 0.15) is 11.4 Å². The van der Waals surface area contributed by atoms with Crippen molar-refractivity contribution in [2.45, 2.75) is 38.6 Å². The van der Waals surface area contributed by atoms with Gasteiger partial charge in [0.15, 0.2) is 5.82 Å². The number of hydrogen-bond donors (Lipinski definition) is 1. The summed E-state index contributed by atoms with van der Waals surface area (Å²) in [5.74, 6) is 1.51. The number of H-pyrrole nitrogens is 1. The monoisotopic (exact) mass is 389 g/mol. The molecule has 0 atom stereocenters. The molecule has 0 saturated heterocycles. The van der Waals surface area contributed by atoms with Crippen LogP contribution in [0.2, 0.25) is 0 Å². The molecule has 1 amide bonds. The summed E-state index contributed by atoms with van der Waals surface area (Å²) in [6, 6.07) is 12.0. The third kappa shape index (κ3) is 3.48. The number of aromatic nitrogens is 4. The number of benzene rings is 1. The Morgan fingerprint density at radius 3 is 2.79 bits per heavy atom. The fourth-order valence-corrected chi connectivity index (χ4v) is 4.25. The van der Waals surface area contributed by atoms with E-state index in [0.29, 0.717) is 32.5 Å². The van der Waals surface area contributed by atoms with Crippen LogP contribution in [0.25, 0.3) is 0 Å². The Hall–Kier alpha value is -3.22. The summed E-state index contributed by atoms with van der Waals surface area (Å²) in [7, 11) is 0. The van der Waals surface area contributed by atoms with Gasteiger partial charge < -0.3 is 9.88 Å². The largest absolute Gasteiger partial charge is 0.336 e. The van der Waals surface area contributed by atoms with Crippen LogP contribution in [0.4, 0.5) is 0 Å². The predicted octanol–water partition coefficient (Wildman–Crippen LogP) is 1.74. The minimum absolute atomic E-state index is 0.198. The Morgan fingerprint density at radius 2 is 1.93 bits per heavy atom. The topological polar surface area (TPSA) is 83.9 Å². The zero-order valence-electron chi connectivity index (χ0n) is 16.2. The van der Waals surface area contributed by atoms with Crippen LogP contribution in [0.15, 0.2) is 41.2 Å². The molecule has 1 N–H and O–H groups in total. The number of carbonyl (C=O) groups is 1. The van der Waals surface area contributed by atoms with Crippen molar-refractivity contribution >= 4 is 5.91 Å². The van der Waals surface area contributed by atoms with Crippen LogP contribution in [0, 0.1) is 0 Å². The molecule has 7 nitrogen and oxygen atoms in total. The average molecular weight is 389 g/mol. The first-order valence-electron chi connectivity index (χ1n) is 10.2. The van der Waals surface area contributed by atoms with Crippen LogP contribution in [0.3, 0.4) is 0 Å². The molecular formula is C22H23N5O2. The second-order valence-electron chi connectivity index (χ2n) is 7.74. The van der Waals surface area contributed by atoms with Gasteiger partial charge in [-0.3, -0.25) is 9.59 Å². The van der Waals surface area contributed by atoms with E-state index in [1.807, 2.05) is 22.9 Å². The molecule has 0 spiro atoms. The summed E-state index contributed by atoms with van der Waals surface area (Å²) in [6.07, 6.45) is 4.19. The molecule has 7 heteroatoms. The zero-order chi connectivity index (χ0) is 19.8. The lowest BCUT2D eigenvalue weighted by Gasteiger charge is -2.19. The van der Waals surface area contributed by atoms with E-state index in [-0.39, 0.29) is 17.0 Å². The van der Waals surface area contributed by atoms with Crippen LogP contribution in [-0.4, -0.2) is 43.6 Å². The van der Waals surface area contributed by atoms with E-state index >= 15 is 0 Å². The van der Waals surface area contributed by atoms with Crippen LogP contribution in [0.1, 0.15) is 45.2 Å².